The molecule has 0 N–H and O–H groups in total. The van der Waals surface area contributed by atoms with Gasteiger partial charge in [-0.2, -0.15) is 5.26 Å². The van der Waals surface area contributed by atoms with Gasteiger partial charge in [0.2, 0.25) is 5.91 Å². The van der Waals surface area contributed by atoms with Crippen LogP contribution in [0.25, 0.3) is 0 Å². The molecule has 1 spiro atoms. The molecule has 0 radical (unpaired) electrons. The van der Waals surface area contributed by atoms with Crippen LogP contribution < -0.4 is 0 Å². The van der Waals surface area contributed by atoms with E-state index in [0.717, 1.165) is 25.9 Å². The van der Waals surface area contributed by atoms with Crippen molar-refractivity contribution < 1.29 is 4.79 Å². The quantitative estimate of drug-likeness (QED) is 0.792. The Morgan fingerprint density at radius 3 is 2.76 bits per heavy atom. The number of amides is 1. The maximum atomic E-state index is 11.9. The fraction of sp³-hybridized carbons (Fsp3) is 0.556. The van der Waals surface area contributed by atoms with Crippen molar-refractivity contribution in [3.63, 3.8) is 0 Å². The SMILES string of the molecule is C[C@H]1CCC2(CCN(C(=O)CC#N)CC2)c2ccccc21. The number of likely N-dealkylation sites (tertiary alicyclic amines) is 1. The highest BCUT2D eigenvalue weighted by Gasteiger charge is 2.41. The van der Waals surface area contributed by atoms with Crippen LogP contribution in [0, 0.1) is 11.3 Å². The summed E-state index contributed by atoms with van der Waals surface area (Å²) in [4.78, 5) is 13.7. The monoisotopic (exact) mass is 282 g/mol. The predicted molar refractivity (Wildman–Crippen MR) is 81.8 cm³/mol. The zero-order chi connectivity index (χ0) is 14.9. The van der Waals surface area contributed by atoms with Crippen molar-refractivity contribution in [2.24, 2.45) is 0 Å². The molecule has 1 aliphatic carbocycles. The molecule has 3 rings (SSSR count). The summed E-state index contributed by atoms with van der Waals surface area (Å²) in [6.45, 7) is 3.91. The topological polar surface area (TPSA) is 44.1 Å². The number of rotatable bonds is 1. The van der Waals surface area contributed by atoms with E-state index in [2.05, 4.69) is 31.2 Å². The molecule has 1 fully saturated rings. The van der Waals surface area contributed by atoms with E-state index in [1.165, 1.54) is 24.0 Å². The Labute approximate surface area is 126 Å². The minimum absolute atomic E-state index is 0.00943. The second kappa shape index (κ2) is 5.52. The third kappa shape index (κ3) is 2.44. The molecule has 0 saturated carbocycles. The molecule has 1 saturated heterocycles. The lowest BCUT2D eigenvalue weighted by Gasteiger charge is -2.46. The molecule has 3 heteroatoms. The molecule has 21 heavy (non-hydrogen) atoms. The number of nitrogens with zero attached hydrogens (tertiary/aromatic N) is 2. The molecule has 0 unspecified atom stereocenters. The number of carbonyl (C=O) groups excluding carboxylic acids is 1. The van der Waals surface area contributed by atoms with Crippen LogP contribution >= 0.6 is 0 Å². The zero-order valence-corrected chi connectivity index (χ0v) is 12.6. The molecule has 110 valence electrons. The van der Waals surface area contributed by atoms with Crippen molar-refractivity contribution in [1.82, 2.24) is 4.90 Å². The highest BCUT2D eigenvalue weighted by molar-refractivity contribution is 5.78. The summed E-state index contributed by atoms with van der Waals surface area (Å²) in [6, 6.07) is 10.8. The Balaban J connectivity index is 1.81. The van der Waals surface area contributed by atoms with Crippen LogP contribution in [0.15, 0.2) is 24.3 Å². The van der Waals surface area contributed by atoms with Gasteiger partial charge in [0.25, 0.3) is 0 Å². The lowest BCUT2D eigenvalue weighted by Crippen LogP contribution is -2.46. The van der Waals surface area contributed by atoms with E-state index in [1.807, 2.05) is 11.0 Å². The lowest BCUT2D eigenvalue weighted by atomic mass is 9.62. The largest absolute Gasteiger partial charge is 0.342 e. The number of piperidine rings is 1. The first-order valence-electron chi connectivity index (χ1n) is 7.90. The normalized spacial score (nSPS) is 23.4. The molecule has 0 bridgehead atoms. The van der Waals surface area contributed by atoms with Crippen molar-refractivity contribution in [3.8, 4) is 6.07 Å². The number of hydrogen-bond acceptors (Lipinski definition) is 2. The molecule has 0 aromatic heterocycles. The maximum Gasteiger partial charge on any atom is 0.236 e. The molecule has 1 atom stereocenters. The van der Waals surface area contributed by atoms with Crippen LogP contribution in [-0.2, 0) is 10.2 Å². The lowest BCUT2D eigenvalue weighted by molar-refractivity contribution is -0.131. The summed E-state index contributed by atoms with van der Waals surface area (Å²) >= 11 is 0. The van der Waals surface area contributed by atoms with Crippen molar-refractivity contribution in [3.05, 3.63) is 35.4 Å². The highest BCUT2D eigenvalue weighted by Crippen LogP contribution is 2.48. The number of fused-ring (bicyclic) bond motifs is 2. The van der Waals surface area contributed by atoms with Gasteiger partial charge in [-0.1, -0.05) is 31.2 Å². The van der Waals surface area contributed by atoms with Crippen molar-refractivity contribution in [1.29, 1.82) is 5.26 Å². The van der Waals surface area contributed by atoms with E-state index >= 15 is 0 Å². The molecule has 1 aromatic carbocycles. The van der Waals surface area contributed by atoms with Gasteiger partial charge < -0.3 is 4.90 Å². The maximum absolute atomic E-state index is 11.9. The van der Waals surface area contributed by atoms with Gasteiger partial charge >= 0.3 is 0 Å². The van der Waals surface area contributed by atoms with E-state index in [1.54, 1.807) is 0 Å². The third-order valence-corrected chi connectivity index (χ3v) is 5.42. The third-order valence-electron chi connectivity index (χ3n) is 5.42. The minimum Gasteiger partial charge on any atom is -0.342 e. The van der Waals surface area contributed by atoms with Gasteiger partial charge in [0.05, 0.1) is 6.07 Å². The average molecular weight is 282 g/mol. The fourth-order valence-corrected chi connectivity index (χ4v) is 4.08. The van der Waals surface area contributed by atoms with Crippen molar-refractivity contribution >= 4 is 5.91 Å². The highest BCUT2D eigenvalue weighted by atomic mass is 16.2. The van der Waals surface area contributed by atoms with E-state index < -0.39 is 0 Å². The predicted octanol–water partition coefficient (Wildman–Crippen LogP) is 3.36. The first kappa shape index (κ1) is 14.1. The van der Waals surface area contributed by atoms with Crippen LogP contribution in [-0.4, -0.2) is 23.9 Å². The first-order chi connectivity index (χ1) is 10.2. The fourth-order valence-electron chi connectivity index (χ4n) is 4.08. The summed E-state index contributed by atoms with van der Waals surface area (Å²) < 4.78 is 0. The Kier molecular flexibility index (Phi) is 3.71. The van der Waals surface area contributed by atoms with Gasteiger partial charge in [0, 0.05) is 13.1 Å². The minimum atomic E-state index is -0.00943. The molecule has 1 amide bonds. The molecule has 2 aliphatic rings. The summed E-state index contributed by atoms with van der Waals surface area (Å²) in [7, 11) is 0. The standard InChI is InChI=1S/C18H22N2O/c1-14-6-8-18(16-5-3-2-4-15(14)16)9-12-20(13-10-18)17(21)7-11-19/h2-5,14H,6-10,12-13H2,1H3/t14-/m0/s1. The Bertz CT molecular complexity index is 579. The van der Waals surface area contributed by atoms with Crippen molar-refractivity contribution in [2.45, 2.75) is 50.4 Å². The van der Waals surface area contributed by atoms with Gasteiger partial charge in [0.15, 0.2) is 0 Å². The van der Waals surface area contributed by atoms with Crippen LogP contribution in [0.3, 0.4) is 0 Å². The number of benzene rings is 1. The Morgan fingerprint density at radius 2 is 2.05 bits per heavy atom. The van der Waals surface area contributed by atoms with Gasteiger partial charge in [-0.25, -0.2) is 0 Å². The van der Waals surface area contributed by atoms with Gasteiger partial charge in [0.1, 0.15) is 6.42 Å². The number of carbonyl (C=O) groups is 1. The van der Waals surface area contributed by atoms with Gasteiger partial charge in [-0.3, -0.25) is 4.79 Å². The van der Waals surface area contributed by atoms with E-state index in [-0.39, 0.29) is 17.7 Å². The van der Waals surface area contributed by atoms with Crippen molar-refractivity contribution in [2.75, 3.05) is 13.1 Å². The Hall–Kier alpha value is -1.82. The van der Waals surface area contributed by atoms with E-state index in [4.69, 9.17) is 5.26 Å². The summed E-state index contributed by atoms with van der Waals surface area (Å²) in [5.41, 5.74) is 3.27. The van der Waals surface area contributed by atoms with E-state index in [0.29, 0.717) is 5.92 Å². The summed E-state index contributed by atoms with van der Waals surface area (Å²) in [6.07, 6.45) is 4.55. The zero-order valence-electron chi connectivity index (χ0n) is 12.6. The summed E-state index contributed by atoms with van der Waals surface area (Å²) in [5, 5.41) is 8.67. The number of nitriles is 1. The molecule has 1 aliphatic heterocycles. The van der Waals surface area contributed by atoms with Crippen LogP contribution in [0.5, 0.6) is 0 Å². The smallest absolute Gasteiger partial charge is 0.236 e. The van der Waals surface area contributed by atoms with Gasteiger partial charge in [-0.15, -0.1) is 0 Å². The Morgan fingerprint density at radius 1 is 1.33 bits per heavy atom. The molecule has 3 nitrogen and oxygen atoms in total. The second-order valence-electron chi connectivity index (χ2n) is 6.52. The molecule has 1 aromatic rings. The van der Waals surface area contributed by atoms with Crippen LogP contribution in [0.2, 0.25) is 0 Å². The first-order valence-corrected chi connectivity index (χ1v) is 7.90. The average Bonchev–Trinajstić information content (AvgIpc) is 2.52. The number of hydrogen-bond donors (Lipinski definition) is 0. The molecule has 1 heterocycles. The van der Waals surface area contributed by atoms with Gasteiger partial charge in [-0.05, 0) is 48.1 Å². The summed E-state index contributed by atoms with van der Waals surface area (Å²) in [5.74, 6) is 0.634. The molecular formula is C18H22N2O. The second-order valence-corrected chi connectivity index (χ2v) is 6.52. The van der Waals surface area contributed by atoms with E-state index in [9.17, 15) is 4.79 Å². The van der Waals surface area contributed by atoms with Crippen LogP contribution in [0.4, 0.5) is 0 Å². The van der Waals surface area contributed by atoms with Crippen LogP contribution in [0.1, 0.15) is 56.1 Å². The molecular weight excluding hydrogens is 260 g/mol.